The van der Waals surface area contributed by atoms with Gasteiger partial charge < -0.3 is 0 Å². The third-order valence-electron chi connectivity index (χ3n) is 1.99. The third kappa shape index (κ3) is 3.56. The molecule has 0 heteroatoms. The van der Waals surface area contributed by atoms with E-state index in [2.05, 4.69) is 13.8 Å². The first-order chi connectivity index (χ1) is 4.29. The van der Waals surface area contributed by atoms with Crippen LogP contribution in [-0.2, 0) is 0 Å². The fourth-order valence-electron chi connectivity index (χ4n) is 1.15. The van der Waals surface area contributed by atoms with Gasteiger partial charge in [0.25, 0.3) is 0 Å². The van der Waals surface area contributed by atoms with Gasteiger partial charge in [0.15, 0.2) is 0 Å². The summed E-state index contributed by atoms with van der Waals surface area (Å²) in [6, 6.07) is 0. The van der Waals surface area contributed by atoms with Crippen LogP contribution in [0, 0.1) is 11.8 Å². The molecule has 1 aliphatic carbocycles. The molecule has 0 N–H and O–H groups in total. The Labute approximate surface area is 58.7 Å². The van der Waals surface area contributed by atoms with Crippen molar-refractivity contribution in [3.05, 3.63) is 5.92 Å². The van der Waals surface area contributed by atoms with E-state index in [9.17, 15) is 0 Å². The zero-order valence-corrected chi connectivity index (χ0v) is 6.61. The second kappa shape index (κ2) is 3.24. The molecule has 1 radical (unpaired) electrons. The molecule has 0 aliphatic heterocycles. The molecular formula is C9H17. The summed E-state index contributed by atoms with van der Waals surface area (Å²) in [6.07, 6.45) is 7.32. The van der Waals surface area contributed by atoms with Crippen LogP contribution >= 0.6 is 0 Å². The van der Waals surface area contributed by atoms with Crippen molar-refractivity contribution in [2.75, 3.05) is 0 Å². The molecule has 9 heavy (non-hydrogen) atoms. The van der Waals surface area contributed by atoms with Crippen LogP contribution in [0.2, 0.25) is 0 Å². The lowest BCUT2D eigenvalue weighted by molar-refractivity contribution is 0.637. The lowest BCUT2D eigenvalue weighted by Gasteiger charge is -2.01. The van der Waals surface area contributed by atoms with Crippen LogP contribution in [-0.4, -0.2) is 0 Å². The van der Waals surface area contributed by atoms with Gasteiger partial charge in [-0.1, -0.05) is 39.5 Å². The maximum atomic E-state index is 2.23. The molecule has 0 aromatic heterocycles. The molecule has 0 bridgehead atoms. The molecule has 0 amide bonds. The Morgan fingerprint density at radius 3 is 2.44 bits per heavy atom. The Kier molecular flexibility index (Phi) is 2.56. The topological polar surface area (TPSA) is 0 Å². The second-order valence-corrected chi connectivity index (χ2v) is 3.54. The fourth-order valence-corrected chi connectivity index (χ4v) is 1.15. The van der Waals surface area contributed by atoms with Crippen LogP contribution in [0.3, 0.4) is 0 Å². The van der Waals surface area contributed by atoms with E-state index in [4.69, 9.17) is 0 Å². The molecule has 1 aliphatic rings. The number of hydrogen-bond acceptors (Lipinski definition) is 0. The molecule has 0 nitrogen and oxygen atoms in total. The maximum absolute atomic E-state index is 2.23. The van der Waals surface area contributed by atoms with Crippen LogP contribution in [0.15, 0.2) is 0 Å². The Bertz CT molecular complexity index is 68.1. The minimum Gasteiger partial charge on any atom is -0.0594 e. The molecule has 0 heterocycles. The molecule has 1 rings (SSSR count). The zero-order valence-electron chi connectivity index (χ0n) is 6.61. The zero-order chi connectivity index (χ0) is 6.69. The predicted molar refractivity (Wildman–Crippen MR) is 41.2 cm³/mol. The number of hydrogen-bond donors (Lipinski definition) is 0. The fraction of sp³-hybridized carbons (Fsp3) is 0.889. The average molecular weight is 125 g/mol. The quantitative estimate of drug-likeness (QED) is 0.541. The standard InChI is InChI=1S/C9H17/c1-8(2)4-3-5-9-6-7-9/h9H,3-7H2,1-2H3. The van der Waals surface area contributed by atoms with Gasteiger partial charge in [-0.25, -0.2) is 0 Å². The predicted octanol–water partition coefficient (Wildman–Crippen LogP) is 3.18. The third-order valence-corrected chi connectivity index (χ3v) is 1.99. The van der Waals surface area contributed by atoms with E-state index in [1.165, 1.54) is 32.1 Å². The van der Waals surface area contributed by atoms with Crippen LogP contribution in [0.25, 0.3) is 0 Å². The molecule has 0 spiro atoms. The molecule has 1 fully saturated rings. The first kappa shape index (κ1) is 7.11. The summed E-state index contributed by atoms with van der Waals surface area (Å²) in [5, 5.41) is 0. The van der Waals surface area contributed by atoms with Crippen molar-refractivity contribution < 1.29 is 0 Å². The highest BCUT2D eigenvalue weighted by molar-refractivity contribution is 4.79. The lowest BCUT2D eigenvalue weighted by Crippen LogP contribution is -1.84. The van der Waals surface area contributed by atoms with E-state index < -0.39 is 0 Å². The molecule has 0 unspecified atom stereocenters. The Balaban J connectivity index is 1.81. The van der Waals surface area contributed by atoms with Gasteiger partial charge in [0, 0.05) is 0 Å². The van der Waals surface area contributed by atoms with Gasteiger partial charge in [0.05, 0.1) is 0 Å². The van der Waals surface area contributed by atoms with E-state index >= 15 is 0 Å². The van der Waals surface area contributed by atoms with Gasteiger partial charge in [-0.2, -0.15) is 0 Å². The van der Waals surface area contributed by atoms with Crippen LogP contribution in [0.5, 0.6) is 0 Å². The van der Waals surface area contributed by atoms with Crippen molar-refractivity contribution >= 4 is 0 Å². The highest BCUT2D eigenvalue weighted by atomic mass is 14.3. The minimum absolute atomic E-state index is 1.13. The van der Waals surface area contributed by atoms with Crippen molar-refractivity contribution in [1.82, 2.24) is 0 Å². The van der Waals surface area contributed by atoms with Crippen LogP contribution in [0.4, 0.5) is 0 Å². The maximum Gasteiger partial charge on any atom is -0.0303 e. The molecular weight excluding hydrogens is 108 g/mol. The summed E-state index contributed by atoms with van der Waals surface area (Å²) in [7, 11) is 0. The smallest absolute Gasteiger partial charge is 0.0303 e. The normalized spacial score (nSPS) is 19.0. The van der Waals surface area contributed by atoms with Gasteiger partial charge in [0.2, 0.25) is 0 Å². The Morgan fingerprint density at radius 2 is 2.00 bits per heavy atom. The van der Waals surface area contributed by atoms with E-state index in [0.717, 1.165) is 5.92 Å². The van der Waals surface area contributed by atoms with Gasteiger partial charge in [-0.15, -0.1) is 0 Å². The van der Waals surface area contributed by atoms with Crippen molar-refractivity contribution in [2.24, 2.45) is 5.92 Å². The van der Waals surface area contributed by atoms with Gasteiger partial charge >= 0.3 is 0 Å². The molecule has 1 saturated carbocycles. The molecule has 0 aromatic carbocycles. The minimum atomic E-state index is 1.13. The summed E-state index contributed by atoms with van der Waals surface area (Å²) in [4.78, 5) is 0. The number of rotatable bonds is 4. The van der Waals surface area contributed by atoms with E-state index in [1.807, 2.05) is 0 Å². The molecule has 0 atom stereocenters. The lowest BCUT2D eigenvalue weighted by atomic mass is 10.1. The molecule has 53 valence electrons. The summed E-state index contributed by atoms with van der Waals surface area (Å²) < 4.78 is 0. The summed E-state index contributed by atoms with van der Waals surface area (Å²) >= 11 is 0. The largest absolute Gasteiger partial charge is 0.0594 e. The van der Waals surface area contributed by atoms with Gasteiger partial charge in [-0.3, -0.25) is 0 Å². The van der Waals surface area contributed by atoms with Gasteiger partial charge in [-0.05, 0) is 18.3 Å². The van der Waals surface area contributed by atoms with E-state index in [1.54, 1.807) is 5.92 Å². The van der Waals surface area contributed by atoms with E-state index in [-0.39, 0.29) is 0 Å². The first-order valence-electron chi connectivity index (χ1n) is 4.08. The summed E-state index contributed by atoms with van der Waals surface area (Å²) in [5.74, 6) is 2.72. The van der Waals surface area contributed by atoms with Gasteiger partial charge in [0.1, 0.15) is 0 Å². The molecule has 0 saturated heterocycles. The highest BCUT2D eigenvalue weighted by Gasteiger charge is 2.19. The second-order valence-electron chi connectivity index (χ2n) is 3.54. The van der Waals surface area contributed by atoms with Crippen molar-refractivity contribution in [1.29, 1.82) is 0 Å². The summed E-state index contributed by atoms with van der Waals surface area (Å²) in [6.45, 7) is 4.46. The Morgan fingerprint density at radius 1 is 1.33 bits per heavy atom. The van der Waals surface area contributed by atoms with Crippen LogP contribution in [0.1, 0.15) is 46.0 Å². The monoisotopic (exact) mass is 125 g/mol. The molecule has 0 aromatic rings. The average Bonchev–Trinajstić information content (AvgIpc) is 2.48. The van der Waals surface area contributed by atoms with Crippen molar-refractivity contribution in [3.63, 3.8) is 0 Å². The highest BCUT2D eigenvalue weighted by Crippen LogP contribution is 2.34. The van der Waals surface area contributed by atoms with Crippen molar-refractivity contribution in [3.8, 4) is 0 Å². The first-order valence-corrected chi connectivity index (χ1v) is 4.08. The van der Waals surface area contributed by atoms with Crippen LogP contribution < -0.4 is 0 Å². The summed E-state index contributed by atoms with van der Waals surface area (Å²) in [5.41, 5.74) is 0. The van der Waals surface area contributed by atoms with E-state index in [0.29, 0.717) is 0 Å². The van der Waals surface area contributed by atoms with Crippen molar-refractivity contribution in [2.45, 2.75) is 46.0 Å². The SMILES string of the molecule is C[C](C)CCCC1CC1. The Hall–Kier alpha value is 0.